The summed E-state index contributed by atoms with van der Waals surface area (Å²) in [4.78, 5) is 8.74. The van der Waals surface area contributed by atoms with Crippen LogP contribution in [0.4, 0.5) is 5.82 Å². The third-order valence-electron chi connectivity index (χ3n) is 2.63. The summed E-state index contributed by atoms with van der Waals surface area (Å²) in [5.74, 6) is 1.77. The van der Waals surface area contributed by atoms with Crippen LogP contribution in [0.2, 0.25) is 0 Å². The van der Waals surface area contributed by atoms with E-state index in [4.69, 9.17) is 0 Å². The average molecular weight is 342 g/mol. The Labute approximate surface area is 125 Å². The van der Waals surface area contributed by atoms with Gasteiger partial charge in [-0.05, 0) is 38.3 Å². The minimum absolute atomic E-state index is 0.264. The van der Waals surface area contributed by atoms with Crippen LogP contribution in [0.1, 0.15) is 37.3 Å². The molecule has 0 spiro atoms. The highest BCUT2D eigenvalue weighted by molar-refractivity contribution is 9.10. The van der Waals surface area contributed by atoms with Crippen LogP contribution in [0.25, 0.3) is 0 Å². The summed E-state index contributed by atoms with van der Waals surface area (Å²) in [6.07, 6.45) is -0.525. The first-order valence-corrected chi connectivity index (χ1v) is 7.78. The summed E-state index contributed by atoms with van der Waals surface area (Å²) in [5, 5.41) is 17.1. The number of anilines is 1. The number of aromatic nitrogens is 2. The lowest BCUT2D eigenvalue weighted by molar-refractivity contribution is 0.192. The summed E-state index contributed by atoms with van der Waals surface area (Å²) >= 11 is 4.95. The second-order valence-electron chi connectivity index (χ2n) is 4.54. The molecule has 0 aliphatic carbocycles. The molecule has 0 fully saturated rings. The monoisotopic (exact) mass is 341 g/mol. The largest absolute Gasteiger partial charge is 0.387 e. The fraction of sp³-hybridized carbons (Fsp3) is 0.385. The molecule has 0 bridgehead atoms. The van der Waals surface area contributed by atoms with Crippen LogP contribution >= 0.6 is 27.3 Å². The fourth-order valence-electron chi connectivity index (χ4n) is 1.57. The Kier molecular flexibility index (Phi) is 4.90. The normalized spacial score (nSPS) is 12.7. The second-order valence-corrected chi connectivity index (χ2v) is 6.13. The van der Waals surface area contributed by atoms with Crippen molar-refractivity contribution in [1.82, 2.24) is 9.97 Å². The number of thiophene rings is 1. The molecule has 0 saturated heterocycles. The van der Waals surface area contributed by atoms with Crippen LogP contribution in [0.5, 0.6) is 0 Å². The molecule has 0 aromatic carbocycles. The van der Waals surface area contributed by atoms with Crippen molar-refractivity contribution in [3.63, 3.8) is 0 Å². The van der Waals surface area contributed by atoms with E-state index in [2.05, 4.69) is 31.2 Å². The van der Waals surface area contributed by atoms with Crippen LogP contribution in [0, 0.1) is 0 Å². The zero-order valence-electron chi connectivity index (χ0n) is 10.8. The van der Waals surface area contributed by atoms with Gasteiger partial charge in [0, 0.05) is 18.5 Å². The molecule has 0 aliphatic rings. The van der Waals surface area contributed by atoms with Crippen molar-refractivity contribution in [3.8, 4) is 0 Å². The van der Waals surface area contributed by atoms with Gasteiger partial charge in [0.25, 0.3) is 0 Å². The van der Waals surface area contributed by atoms with Crippen LogP contribution in [0.15, 0.2) is 27.5 Å². The highest BCUT2D eigenvalue weighted by atomic mass is 79.9. The van der Waals surface area contributed by atoms with Crippen LogP contribution in [-0.2, 0) is 0 Å². The number of aliphatic hydroxyl groups is 1. The van der Waals surface area contributed by atoms with E-state index in [0.717, 1.165) is 21.8 Å². The van der Waals surface area contributed by atoms with Gasteiger partial charge in [-0.15, -0.1) is 0 Å². The van der Waals surface area contributed by atoms with Crippen LogP contribution < -0.4 is 5.32 Å². The van der Waals surface area contributed by atoms with E-state index in [1.165, 1.54) is 0 Å². The molecule has 102 valence electrons. The number of nitrogens with one attached hydrogen (secondary N) is 1. The van der Waals surface area contributed by atoms with E-state index in [9.17, 15) is 5.11 Å². The quantitative estimate of drug-likeness (QED) is 0.816. The van der Waals surface area contributed by atoms with Gasteiger partial charge >= 0.3 is 0 Å². The van der Waals surface area contributed by atoms with E-state index in [-0.39, 0.29) is 5.92 Å². The molecule has 2 rings (SSSR count). The van der Waals surface area contributed by atoms with Gasteiger partial charge in [0.05, 0.1) is 6.10 Å². The zero-order chi connectivity index (χ0) is 13.8. The molecule has 1 unspecified atom stereocenters. The summed E-state index contributed by atoms with van der Waals surface area (Å²) in [7, 11) is 0. The van der Waals surface area contributed by atoms with Gasteiger partial charge in [-0.2, -0.15) is 11.3 Å². The van der Waals surface area contributed by atoms with Crippen molar-refractivity contribution in [3.05, 3.63) is 38.9 Å². The van der Waals surface area contributed by atoms with Crippen molar-refractivity contribution < 1.29 is 5.11 Å². The molecule has 1 atom stereocenters. The Morgan fingerprint density at radius 3 is 2.84 bits per heavy atom. The predicted octanol–water partition coefficient (Wildman–Crippen LogP) is 3.57. The highest BCUT2D eigenvalue weighted by Gasteiger charge is 2.10. The summed E-state index contributed by atoms with van der Waals surface area (Å²) < 4.78 is 0.749. The number of aliphatic hydroxyl groups excluding tert-OH is 1. The first-order valence-electron chi connectivity index (χ1n) is 6.04. The molecular weight excluding hydrogens is 326 g/mol. The first kappa shape index (κ1) is 14.4. The Morgan fingerprint density at radius 2 is 2.21 bits per heavy atom. The molecule has 19 heavy (non-hydrogen) atoms. The molecule has 0 radical (unpaired) electrons. The molecule has 4 nitrogen and oxygen atoms in total. The number of hydrogen-bond donors (Lipinski definition) is 2. The molecule has 2 aromatic rings. The molecule has 0 saturated carbocycles. The molecule has 2 N–H and O–H groups in total. The highest BCUT2D eigenvalue weighted by Crippen LogP contribution is 2.20. The van der Waals surface area contributed by atoms with E-state index >= 15 is 0 Å². The SMILES string of the molecule is CC(C)c1nc(Br)cc(NCC(O)c2ccsc2)n1. The van der Waals surface area contributed by atoms with Gasteiger partial charge in [-0.1, -0.05) is 13.8 Å². The van der Waals surface area contributed by atoms with Crippen LogP contribution in [-0.4, -0.2) is 21.6 Å². The topological polar surface area (TPSA) is 58.0 Å². The number of hydrogen-bond acceptors (Lipinski definition) is 5. The summed E-state index contributed by atoms with van der Waals surface area (Å²) in [6.45, 7) is 4.52. The van der Waals surface area contributed by atoms with Crippen molar-refractivity contribution in [2.45, 2.75) is 25.9 Å². The van der Waals surface area contributed by atoms with Crippen molar-refractivity contribution in [1.29, 1.82) is 0 Å². The van der Waals surface area contributed by atoms with Gasteiger partial charge in [-0.25, -0.2) is 9.97 Å². The summed E-state index contributed by atoms with van der Waals surface area (Å²) in [6, 6.07) is 3.73. The van der Waals surface area contributed by atoms with Gasteiger partial charge in [0.2, 0.25) is 0 Å². The van der Waals surface area contributed by atoms with Gasteiger partial charge in [-0.3, -0.25) is 0 Å². The maximum atomic E-state index is 10.0. The molecule has 2 heterocycles. The van der Waals surface area contributed by atoms with Crippen molar-refractivity contribution in [2.24, 2.45) is 0 Å². The van der Waals surface area contributed by atoms with Crippen molar-refractivity contribution >= 4 is 33.1 Å². The molecule has 0 aliphatic heterocycles. The minimum atomic E-state index is -0.525. The van der Waals surface area contributed by atoms with Crippen LogP contribution in [0.3, 0.4) is 0 Å². The lowest BCUT2D eigenvalue weighted by Crippen LogP contribution is -2.13. The molecule has 0 amide bonds. The second kappa shape index (κ2) is 6.45. The number of nitrogens with zero attached hydrogens (tertiary/aromatic N) is 2. The Balaban J connectivity index is 2.03. The third kappa shape index (κ3) is 3.99. The molecule has 6 heteroatoms. The first-order chi connectivity index (χ1) is 9.06. The lowest BCUT2D eigenvalue weighted by Gasteiger charge is -2.12. The maximum absolute atomic E-state index is 10.0. The van der Waals surface area contributed by atoms with Gasteiger partial charge in [0.1, 0.15) is 16.2 Å². The lowest BCUT2D eigenvalue weighted by atomic mass is 10.2. The molecular formula is C13H16BrN3OS. The van der Waals surface area contributed by atoms with E-state index < -0.39 is 6.10 Å². The minimum Gasteiger partial charge on any atom is -0.387 e. The third-order valence-corrected chi connectivity index (χ3v) is 3.74. The van der Waals surface area contributed by atoms with Gasteiger partial charge < -0.3 is 10.4 Å². The maximum Gasteiger partial charge on any atom is 0.134 e. The predicted molar refractivity (Wildman–Crippen MR) is 81.6 cm³/mol. The van der Waals surface area contributed by atoms with E-state index in [1.54, 1.807) is 11.3 Å². The Morgan fingerprint density at radius 1 is 1.42 bits per heavy atom. The summed E-state index contributed by atoms with van der Waals surface area (Å²) in [5.41, 5.74) is 0.926. The molecule has 2 aromatic heterocycles. The Bertz CT molecular complexity index is 531. The number of halogens is 1. The van der Waals surface area contributed by atoms with E-state index in [1.807, 2.05) is 36.7 Å². The Hall–Kier alpha value is -0.980. The smallest absolute Gasteiger partial charge is 0.134 e. The standard InChI is InChI=1S/C13H16BrN3OS/c1-8(2)13-16-11(14)5-12(17-13)15-6-10(18)9-3-4-19-7-9/h3-5,7-8,10,18H,6H2,1-2H3,(H,15,16,17). The van der Waals surface area contributed by atoms with E-state index in [0.29, 0.717) is 6.54 Å². The number of rotatable bonds is 5. The zero-order valence-corrected chi connectivity index (χ0v) is 13.2. The average Bonchev–Trinajstić information content (AvgIpc) is 2.89. The van der Waals surface area contributed by atoms with Gasteiger partial charge in [0.15, 0.2) is 0 Å². The van der Waals surface area contributed by atoms with Crippen molar-refractivity contribution in [2.75, 3.05) is 11.9 Å². The fourth-order valence-corrected chi connectivity index (χ4v) is 2.67.